The second-order valence-corrected chi connectivity index (χ2v) is 5.55. The maximum atomic E-state index is 12.9. The molecular formula is C12H11FINO3. The van der Waals surface area contributed by atoms with Gasteiger partial charge in [-0.05, 0) is 53.6 Å². The summed E-state index contributed by atoms with van der Waals surface area (Å²) in [6.07, 6.45) is 1.17. The molecule has 18 heavy (non-hydrogen) atoms. The van der Waals surface area contributed by atoms with Gasteiger partial charge in [0, 0.05) is 10.1 Å². The molecule has 0 heterocycles. The van der Waals surface area contributed by atoms with E-state index < -0.39 is 17.2 Å². The Morgan fingerprint density at radius 1 is 1.44 bits per heavy atom. The maximum absolute atomic E-state index is 12.9. The zero-order chi connectivity index (χ0) is 13.3. The molecule has 1 aromatic rings. The molecule has 1 saturated carbocycles. The summed E-state index contributed by atoms with van der Waals surface area (Å²) >= 11 is 1.87. The lowest BCUT2D eigenvalue weighted by Crippen LogP contribution is -2.34. The van der Waals surface area contributed by atoms with Crippen molar-refractivity contribution in [1.29, 1.82) is 0 Å². The predicted octanol–water partition coefficient (Wildman–Crippen LogP) is 2.02. The molecule has 0 bridgehead atoms. The first-order valence-corrected chi connectivity index (χ1v) is 6.49. The fraction of sp³-hybridized carbons (Fsp3) is 0.333. The van der Waals surface area contributed by atoms with Crippen molar-refractivity contribution in [1.82, 2.24) is 5.32 Å². The molecule has 0 spiro atoms. The van der Waals surface area contributed by atoms with Gasteiger partial charge >= 0.3 is 5.97 Å². The predicted molar refractivity (Wildman–Crippen MR) is 70.8 cm³/mol. The SMILES string of the molecule is O=C(NCC1(C(=O)O)CC1)c1ccc(F)cc1I. The minimum atomic E-state index is -0.878. The molecule has 0 aromatic heterocycles. The number of amides is 1. The topological polar surface area (TPSA) is 66.4 Å². The third kappa shape index (κ3) is 2.63. The van der Waals surface area contributed by atoms with E-state index in [1.807, 2.05) is 22.6 Å². The highest BCUT2D eigenvalue weighted by Crippen LogP contribution is 2.45. The first-order valence-electron chi connectivity index (χ1n) is 5.41. The summed E-state index contributed by atoms with van der Waals surface area (Å²) in [5.41, 5.74) is -0.431. The Kier molecular flexibility index (Phi) is 3.56. The molecule has 1 aliphatic carbocycles. The van der Waals surface area contributed by atoms with Crippen molar-refractivity contribution in [2.45, 2.75) is 12.8 Å². The zero-order valence-corrected chi connectivity index (χ0v) is 11.5. The highest BCUT2D eigenvalue weighted by atomic mass is 127. The number of nitrogens with one attached hydrogen (secondary N) is 1. The van der Waals surface area contributed by atoms with Crippen molar-refractivity contribution in [3.63, 3.8) is 0 Å². The Morgan fingerprint density at radius 2 is 2.11 bits per heavy atom. The number of benzene rings is 1. The third-order valence-electron chi connectivity index (χ3n) is 3.07. The lowest BCUT2D eigenvalue weighted by atomic mass is 10.1. The Balaban J connectivity index is 2.02. The van der Waals surface area contributed by atoms with Crippen molar-refractivity contribution in [2.75, 3.05) is 6.54 Å². The molecule has 1 amide bonds. The normalized spacial score (nSPS) is 16.1. The van der Waals surface area contributed by atoms with Crippen LogP contribution in [0.1, 0.15) is 23.2 Å². The van der Waals surface area contributed by atoms with Crippen molar-refractivity contribution in [3.05, 3.63) is 33.1 Å². The summed E-state index contributed by atoms with van der Waals surface area (Å²) in [4.78, 5) is 22.8. The fourth-order valence-electron chi connectivity index (χ4n) is 1.64. The highest BCUT2D eigenvalue weighted by molar-refractivity contribution is 14.1. The molecular weight excluding hydrogens is 352 g/mol. The van der Waals surface area contributed by atoms with Crippen molar-refractivity contribution >= 4 is 34.5 Å². The maximum Gasteiger partial charge on any atom is 0.311 e. The van der Waals surface area contributed by atoms with E-state index >= 15 is 0 Å². The first kappa shape index (κ1) is 13.3. The van der Waals surface area contributed by atoms with Crippen LogP contribution in [0.5, 0.6) is 0 Å². The highest BCUT2D eigenvalue weighted by Gasteiger charge is 2.50. The van der Waals surface area contributed by atoms with Crippen molar-refractivity contribution in [2.24, 2.45) is 5.41 Å². The fourth-order valence-corrected chi connectivity index (χ4v) is 2.36. The molecule has 0 atom stereocenters. The van der Waals surface area contributed by atoms with Gasteiger partial charge in [-0.3, -0.25) is 9.59 Å². The van der Waals surface area contributed by atoms with E-state index in [9.17, 15) is 14.0 Å². The van der Waals surface area contributed by atoms with Crippen molar-refractivity contribution in [3.8, 4) is 0 Å². The van der Waals surface area contributed by atoms with E-state index in [0.29, 0.717) is 22.0 Å². The molecule has 4 nitrogen and oxygen atoms in total. The lowest BCUT2D eigenvalue weighted by Gasteiger charge is -2.11. The Bertz CT molecular complexity index is 514. The van der Waals surface area contributed by atoms with E-state index in [2.05, 4.69) is 5.32 Å². The number of carboxylic acids is 1. The summed E-state index contributed by atoms with van der Waals surface area (Å²) < 4.78 is 13.4. The standard InChI is InChI=1S/C12H11FINO3/c13-7-1-2-8(9(14)5-7)10(16)15-6-12(3-4-12)11(17)18/h1-2,5H,3-4,6H2,(H,15,16)(H,17,18). The number of aliphatic carboxylic acids is 1. The molecule has 0 saturated heterocycles. The number of hydrogen-bond acceptors (Lipinski definition) is 2. The van der Waals surface area contributed by atoms with Crippen LogP contribution in [-0.2, 0) is 4.79 Å². The molecule has 0 aliphatic heterocycles. The van der Waals surface area contributed by atoms with Crippen LogP contribution in [0.2, 0.25) is 0 Å². The van der Waals surface area contributed by atoms with Crippen molar-refractivity contribution < 1.29 is 19.1 Å². The average molecular weight is 363 g/mol. The molecule has 1 fully saturated rings. The Morgan fingerprint density at radius 3 is 2.61 bits per heavy atom. The summed E-state index contributed by atoms with van der Waals surface area (Å²) in [5.74, 6) is -1.65. The van der Waals surface area contributed by atoms with Gasteiger partial charge in [-0.2, -0.15) is 0 Å². The van der Waals surface area contributed by atoms with Gasteiger partial charge in [0.25, 0.3) is 5.91 Å². The first-order chi connectivity index (χ1) is 8.44. The largest absolute Gasteiger partial charge is 0.481 e. The Labute approximate surface area is 117 Å². The molecule has 6 heteroatoms. The minimum Gasteiger partial charge on any atom is -0.481 e. The number of hydrogen-bond donors (Lipinski definition) is 2. The second-order valence-electron chi connectivity index (χ2n) is 4.39. The van der Waals surface area contributed by atoms with Gasteiger partial charge in [0.15, 0.2) is 0 Å². The summed E-state index contributed by atoms with van der Waals surface area (Å²) in [5, 5.41) is 11.6. The third-order valence-corrected chi connectivity index (χ3v) is 3.96. The van der Waals surface area contributed by atoms with Gasteiger partial charge in [0.2, 0.25) is 0 Å². The van der Waals surface area contributed by atoms with Gasteiger partial charge in [0.1, 0.15) is 5.82 Å². The minimum absolute atomic E-state index is 0.120. The molecule has 1 aliphatic rings. The molecule has 2 rings (SSSR count). The monoisotopic (exact) mass is 363 g/mol. The lowest BCUT2D eigenvalue weighted by molar-refractivity contribution is -0.143. The van der Waals surface area contributed by atoms with Crippen LogP contribution in [0.25, 0.3) is 0 Å². The van der Waals surface area contributed by atoms with Crippen LogP contribution < -0.4 is 5.32 Å². The van der Waals surface area contributed by atoms with Gasteiger partial charge in [0.05, 0.1) is 11.0 Å². The number of halogens is 2. The molecule has 1 aromatic carbocycles. The van der Waals surface area contributed by atoms with Gasteiger partial charge in [-0.1, -0.05) is 0 Å². The number of carboxylic acid groups (broad SMARTS) is 1. The molecule has 0 unspecified atom stereocenters. The molecule has 2 N–H and O–H groups in total. The van der Waals surface area contributed by atoms with E-state index in [4.69, 9.17) is 5.11 Å². The average Bonchev–Trinajstić information content (AvgIpc) is 3.07. The summed E-state index contributed by atoms with van der Waals surface area (Å²) in [6, 6.07) is 3.87. The van der Waals surface area contributed by atoms with Gasteiger partial charge in [-0.15, -0.1) is 0 Å². The number of carbonyl (C=O) groups is 2. The summed E-state index contributed by atoms with van der Waals surface area (Å²) in [6.45, 7) is 0.120. The van der Waals surface area contributed by atoms with Crippen LogP contribution in [-0.4, -0.2) is 23.5 Å². The zero-order valence-electron chi connectivity index (χ0n) is 9.37. The molecule has 96 valence electrons. The number of rotatable bonds is 4. The Hall–Kier alpha value is -1.18. The molecule has 0 radical (unpaired) electrons. The van der Waals surface area contributed by atoms with Crippen LogP contribution in [0, 0.1) is 14.8 Å². The van der Waals surface area contributed by atoms with Gasteiger partial charge in [-0.25, -0.2) is 4.39 Å². The quantitative estimate of drug-likeness (QED) is 0.805. The van der Waals surface area contributed by atoms with Crippen LogP contribution in [0.4, 0.5) is 4.39 Å². The van der Waals surface area contributed by atoms with Crippen LogP contribution in [0.3, 0.4) is 0 Å². The van der Waals surface area contributed by atoms with E-state index in [1.54, 1.807) is 0 Å². The second kappa shape index (κ2) is 4.83. The van der Waals surface area contributed by atoms with Crippen LogP contribution in [0.15, 0.2) is 18.2 Å². The van der Waals surface area contributed by atoms with E-state index in [1.165, 1.54) is 18.2 Å². The summed E-state index contributed by atoms with van der Waals surface area (Å²) in [7, 11) is 0. The van der Waals surface area contributed by atoms with Gasteiger partial charge < -0.3 is 10.4 Å². The van der Waals surface area contributed by atoms with E-state index in [0.717, 1.165) is 0 Å². The van der Waals surface area contributed by atoms with E-state index in [-0.39, 0.29) is 12.5 Å². The van der Waals surface area contributed by atoms with Crippen LogP contribution >= 0.6 is 22.6 Å². The smallest absolute Gasteiger partial charge is 0.311 e. The number of carbonyl (C=O) groups excluding carboxylic acids is 1.